The number of alkyl halides is 1. The second-order valence-corrected chi connectivity index (χ2v) is 11.4. The Labute approximate surface area is 219 Å². The van der Waals surface area contributed by atoms with E-state index in [1.54, 1.807) is 12.1 Å². The topological polar surface area (TPSA) is 109 Å². The first-order valence-corrected chi connectivity index (χ1v) is 13.1. The maximum absolute atomic E-state index is 16.0. The fourth-order valence-electron chi connectivity index (χ4n) is 6.26. The Bertz CT molecular complexity index is 1440. The van der Waals surface area contributed by atoms with Crippen molar-refractivity contribution in [2.45, 2.75) is 81.7 Å². The molecule has 0 spiro atoms. The molecule has 0 amide bonds. The van der Waals surface area contributed by atoms with Gasteiger partial charge in [-0.3, -0.25) is 4.57 Å². The van der Waals surface area contributed by atoms with E-state index in [1.165, 1.54) is 19.3 Å². The fraction of sp³-hybridized carbons (Fsp3) is 0.519. The molecule has 2 aliphatic heterocycles. The van der Waals surface area contributed by atoms with Crippen LogP contribution in [0.4, 0.5) is 14.7 Å². The molecule has 4 heterocycles. The summed E-state index contributed by atoms with van der Waals surface area (Å²) in [6, 6.07) is 5.59. The summed E-state index contributed by atoms with van der Waals surface area (Å²) in [5.74, 6) is -0.471. The van der Waals surface area contributed by atoms with E-state index >= 15 is 4.39 Å². The van der Waals surface area contributed by atoms with Crippen LogP contribution in [0, 0.1) is 5.95 Å². The third kappa shape index (κ3) is 4.22. The van der Waals surface area contributed by atoms with E-state index in [1.807, 2.05) is 11.8 Å². The number of phenolic OH excluding ortho intramolecular Hbond substituents is 1. The first-order valence-electron chi connectivity index (χ1n) is 13.1. The normalized spacial score (nSPS) is 28.8. The molecule has 200 valence electrons. The molecule has 1 aromatic carbocycles. The third-order valence-electron chi connectivity index (χ3n) is 8.34. The first kappa shape index (κ1) is 24.8. The molecule has 3 aromatic rings. The summed E-state index contributed by atoms with van der Waals surface area (Å²) in [4.78, 5) is 22.3. The summed E-state index contributed by atoms with van der Waals surface area (Å²) in [6.07, 6.45) is 5.89. The Morgan fingerprint density at radius 3 is 2.61 bits per heavy atom. The SMILES string of the molecule is Cn1c(F)cc(-c2ccc(-c3cnc(N(C4CC4)[C@@H]4C[C@@]5(C)CCC[C@](C)(N5)[C@@H]4F)nn3)c(O)c2)nc1=O. The van der Waals surface area contributed by atoms with Gasteiger partial charge in [0.05, 0.1) is 17.9 Å². The number of fused-ring (bicyclic) bond motifs is 2. The molecule has 6 rings (SSSR count). The average Bonchev–Trinajstić information content (AvgIpc) is 3.71. The number of nitrogens with one attached hydrogen (secondary N) is 1. The molecule has 9 nitrogen and oxygen atoms in total. The molecule has 3 fully saturated rings. The van der Waals surface area contributed by atoms with E-state index in [4.69, 9.17) is 0 Å². The lowest BCUT2D eigenvalue weighted by Gasteiger charge is -2.57. The number of anilines is 1. The largest absolute Gasteiger partial charge is 0.507 e. The molecule has 38 heavy (non-hydrogen) atoms. The molecular weight excluding hydrogens is 492 g/mol. The number of aromatic hydroxyl groups is 1. The Balaban J connectivity index is 1.28. The lowest BCUT2D eigenvalue weighted by molar-refractivity contribution is 0.0000874. The van der Waals surface area contributed by atoms with Gasteiger partial charge in [-0.25, -0.2) is 14.2 Å². The highest BCUT2D eigenvalue weighted by Gasteiger charge is 2.56. The minimum atomic E-state index is -1.07. The summed E-state index contributed by atoms with van der Waals surface area (Å²) in [7, 11) is 1.29. The smallest absolute Gasteiger partial charge is 0.350 e. The van der Waals surface area contributed by atoms with E-state index in [0.29, 0.717) is 29.2 Å². The second-order valence-electron chi connectivity index (χ2n) is 11.4. The van der Waals surface area contributed by atoms with Crippen molar-refractivity contribution >= 4 is 5.95 Å². The molecule has 0 unspecified atom stereocenters. The van der Waals surface area contributed by atoms with Gasteiger partial charge in [0.25, 0.3) is 0 Å². The van der Waals surface area contributed by atoms with E-state index < -0.39 is 23.3 Å². The molecule has 2 aromatic heterocycles. The summed E-state index contributed by atoms with van der Waals surface area (Å²) >= 11 is 0. The van der Waals surface area contributed by atoms with Crippen LogP contribution in [0.1, 0.15) is 52.4 Å². The lowest BCUT2D eigenvalue weighted by atomic mass is 9.68. The van der Waals surface area contributed by atoms with Crippen LogP contribution < -0.4 is 15.9 Å². The number of piperidine rings is 2. The van der Waals surface area contributed by atoms with Crippen LogP contribution >= 0.6 is 0 Å². The summed E-state index contributed by atoms with van der Waals surface area (Å²) in [5, 5.41) is 23.0. The van der Waals surface area contributed by atoms with Gasteiger partial charge in [0.2, 0.25) is 5.95 Å². The van der Waals surface area contributed by atoms with Crippen molar-refractivity contribution in [3.63, 3.8) is 0 Å². The summed E-state index contributed by atoms with van der Waals surface area (Å²) in [5.41, 5.74) is -0.225. The fourth-order valence-corrected chi connectivity index (χ4v) is 6.26. The number of phenols is 1. The van der Waals surface area contributed by atoms with Crippen molar-refractivity contribution in [3.05, 3.63) is 46.9 Å². The Kier molecular flexibility index (Phi) is 5.75. The highest BCUT2D eigenvalue weighted by molar-refractivity contribution is 5.72. The highest BCUT2D eigenvalue weighted by atomic mass is 19.1. The maximum Gasteiger partial charge on any atom is 0.350 e. The van der Waals surface area contributed by atoms with Crippen LogP contribution in [0.3, 0.4) is 0 Å². The second kappa shape index (κ2) is 8.79. The summed E-state index contributed by atoms with van der Waals surface area (Å²) < 4.78 is 30.8. The molecule has 2 bridgehead atoms. The van der Waals surface area contributed by atoms with Crippen LogP contribution in [-0.2, 0) is 7.05 Å². The van der Waals surface area contributed by atoms with E-state index in [2.05, 4.69) is 32.4 Å². The van der Waals surface area contributed by atoms with Crippen LogP contribution in [0.5, 0.6) is 5.75 Å². The molecule has 1 aliphatic carbocycles. The van der Waals surface area contributed by atoms with Crippen LogP contribution in [0.25, 0.3) is 22.5 Å². The minimum absolute atomic E-state index is 0.113. The molecule has 1 saturated carbocycles. The van der Waals surface area contributed by atoms with Gasteiger partial charge in [0.15, 0.2) is 5.95 Å². The number of nitrogens with zero attached hydrogens (tertiary/aromatic N) is 6. The zero-order valence-electron chi connectivity index (χ0n) is 21.7. The molecule has 0 radical (unpaired) electrons. The monoisotopic (exact) mass is 523 g/mol. The molecule has 2 saturated heterocycles. The van der Waals surface area contributed by atoms with Gasteiger partial charge in [0, 0.05) is 41.4 Å². The van der Waals surface area contributed by atoms with Gasteiger partial charge >= 0.3 is 5.69 Å². The van der Waals surface area contributed by atoms with Crippen molar-refractivity contribution in [3.8, 4) is 28.3 Å². The molecule has 2 N–H and O–H groups in total. The lowest BCUT2D eigenvalue weighted by Crippen LogP contribution is -2.73. The number of hydrogen-bond donors (Lipinski definition) is 2. The minimum Gasteiger partial charge on any atom is -0.507 e. The molecular formula is C27H31F2N7O2. The predicted molar refractivity (Wildman–Crippen MR) is 138 cm³/mol. The van der Waals surface area contributed by atoms with Crippen LogP contribution in [0.2, 0.25) is 0 Å². The summed E-state index contributed by atoms with van der Waals surface area (Å²) in [6.45, 7) is 4.17. The number of aromatic nitrogens is 5. The predicted octanol–water partition coefficient (Wildman–Crippen LogP) is 3.51. The van der Waals surface area contributed by atoms with E-state index in [9.17, 15) is 14.3 Å². The third-order valence-corrected chi connectivity index (χ3v) is 8.34. The van der Waals surface area contributed by atoms with Crippen molar-refractivity contribution in [1.29, 1.82) is 0 Å². The molecule has 11 heteroatoms. The number of hydrogen-bond acceptors (Lipinski definition) is 8. The standard InChI is InChI=1S/C27H31F2N7O2/c1-26-9-4-10-27(2,34-26)23(29)20(13-26)36(16-6-7-16)24-30-14-19(32-33-24)17-8-5-15(11-21(17)37)18-12-22(28)35(3)25(38)31-18/h5,8,11-12,14,16,20,23,34,37H,4,6-7,9-10,13H2,1-3H3/t20-,23-,26-,27+/m1/s1. The molecule has 3 aliphatic rings. The Hall–Kier alpha value is -3.47. The van der Waals surface area contributed by atoms with Gasteiger partial charge in [-0.1, -0.05) is 6.07 Å². The molecule has 4 atom stereocenters. The van der Waals surface area contributed by atoms with E-state index in [0.717, 1.165) is 42.7 Å². The highest BCUT2D eigenvalue weighted by Crippen LogP contribution is 2.46. The number of benzene rings is 1. The number of rotatable bonds is 5. The van der Waals surface area contributed by atoms with Gasteiger partial charge in [-0.15, -0.1) is 10.2 Å². The van der Waals surface area contributed by atoms with Gasteiger partial charge in [-0.05, 0) is 64.5 Å². The maximum atomic E-state index is 16.0. The van der Waals surface area contributed by atoms with Gasteiger partial charge in [0.1, 0.15) is 17.6 Å². The van der Waals surface area contributed by atoms with Crippen molar-refractivity contribution in [1.82, 2.24) is 30.0 Å². The first-order chi connectivity index (χ1) is 18.1. The zero-order chi connectivity index (χ0) is 26.8. The zero-order valence-corrected chi connectivity index (χ0v) is 21.7. The van der Waals surface area contributed by atoms with Crippen molar-refractivity contribution < 1.29 is 13.9 Å². The van der Waals surface area contributed by atoms with E-state index in [-0.39, 0.29) is 29.1 Å². The van der Waals surface area contributed by atoms with Crippen molar-refractivity contribution in [2.24, 2.45) is 7.05 Å². The quantitative estimate of drug-likeness (QED) is 0.489. The average molecular weight is 524 g/mol. The Morgan fingerprint density at radius 2 is 1.95 bits per heavy atom. The van der Waals surface area contributed by atoms with Crippen molar-refractivity contribution in [2.75, 3.05) is 4.90 Å². The van der Waals surface area contributed by atoms with Crippen LogP contribution in [0.15, 0.2) is 35.3 Å². The number of halogens is 2. The van der Waals surface area contributed by atoms with Gasteiger partial charge in [-0.2, -0.15) is 9.37 Å². The Morgan fingerprint density at radius 1 is 1.16 bits per heavy atom. The van der Waals surface area contributed by atoms with Gasteiger partial charge < -0.3 is 15.3 Å². The van der Waals surface area contributed by atoms with Crippen LogP contribution in [-0.4, -0.2) is 59.2 Å².